The van der Waals surface area contributed by atoms with E-state index in [2.05, 4.69) is 4.98 Å². The molecule has 2 fully saturated rings. The van der Waals surface area contributed by atoms with Gasteiger partial charge in [-0.25, -0.2) is 8.42 Å². The minimum Gasteiger partial charge on any atom is -0.261 e. The van der Waals surface area contributed by atoms with Crippen molar-refractivity contribution < 1.29 is 8.42 Å². The van der Waals surface area contributed by atoms with Crippen LogP contribution in [0.4, 0.5) is 0 Å². The molecule has 0 N–H and O–H groups in total. The summed E-state index contributed by atoms with van der Waals surface area (Å²) in [6.07, 6.45) is 5.35. The summed E-state index contributed by atoms with van der Waals surface area (Å²) in [6, 6.07) is 1.89. The van der Waals surface area contributed by atoms with Crippen LogP contribution in [0.2, 0.25) is 0 Å². The predicted molar refractivity (Wildman–Crippen MR) is 75.5 cm³/mol. The number of rotatable bonds is 4. The number of nitrogens with zero attached hydrogens (tertiary/aromatic N) is 1. The summed E-state index contributed by atoms with van der Waals surface area (Å²) >= 11 is 0. The van der Waals surface area contributed by atoms with Gasteiger partial charge in [0.25, 0.3) is 0 Å². The zero-order chi connectivity index (χ0) is 13.6. The molecule has 2 saturated carbocycles. The average molecular weight is 279 g/mol. The first kappa shape index (κ1) is 13.1. The van der Waals surface area contributed by atoms with Crippen molar-refractivity contribution in [1.82, 2.24) is 4.98 Å². The van der Waals surface area contributed by atoms with E-state index in [4.69, 9.17) is 0 Å². The summed E-state index contributed by atoms with van der Waals surface area (Å²) in [5.74, 6) is 2.63. The van der Waals surface area contributed by atoms with Gasteiger partial charge in [-0.3, -0.25) is 4.98 Å². The van der Waals surface area contributed by atoms with E-state index in [9.17, 15) is 8.42 Å². The lowest BCUT2D eigenvalue weighted by molar-refractivity contribution is 0.517. The predicted octanol–water partition coefficient (Wildman–Crippen LogP) is 2.66. The standard InChI is InChI=1S/C15H21NO2S/c1-10-3-4-16-11(2)15(10)9-19(17,18)8-12-5-13-7-14(13)6-12/h3-4,12-14H,5-9H2,1-2H3. The first-order chi connectivity index (χ1) is 8.94. The number of pyridine rings is 1. The van der Waals surface area contributed by atoms with Crippen LogP contribution in [0, 0.1) is 31.6 Å². The quantitative estimate of drug-likeness (QED) is 0.851. The smallest absolute Gasteiger partial charge is 0.154 e. The minimum atomic E-state index is -3.01. The normalized spacial score (nSPS) is 29.3. The van der Waals surface area contributed by atoms with Crippen LogP contribution in [-0.4, -0.2) is 19.2 Å². The lowest BCUT2D eigenvalue weighted by atomic mass is 10.1. The van der Waals surface area contributed by atoms with Crippen LogP contribution < -0.4 is 0 Å². The number of sulfone groups is 1. The molecule has 3 nitrogen and oxygen atoms in total. The van der Waals surface area contributed by atoms with Crippen LogP contribution in [0.5, 0.6) is 0 Å². The fourth-order valence-electron chi connectivity index (χ4n) is 3.56. The molecule has 3 rings (SSSR count). The minimum absolute atomic E-state index is 0.157. The highest BCUT2D eigenvalue weighted by Gasteiger charge is 2.46. The zero-order valence-electron chi connectivity index (χ0n) is 11.6. The lowest BCUT2D eigenvalue weighted by Gasteiger charge is -2.14. The third-order valence-electron chi connectivity index (χ3n) is 4.70. The van der Waals surface area contributed by atoms with E-state index >= 15 is 0 Å². The van der Waals surface area contributed by atoms with Gasteiger partial charge in [-0.1, -0.05) is 0 Å². The topological polar surface area (TPSA) is 47.0 Å². The van der Waals surface area contributed by atoms with Crippen LogP contribution in [-0.2, 0) is 15.6 Å². The molecule has 0 aromatic carbocycles. The van der Waals surface area contributed by atoms with E-state index in [1.165, 1.54) is 6.42 Å². The van der Waals surface area contributed by atoms with Crippen LogP contribution in [0.1, 0.15) is 36.1 Å². The first-order valence-electron chi connectivity index (χ1n) is 7.06. The van der Waals surface area contributed by atoms with Crippen LogP contribution in [0.15, 0.2) is 12.3 Å². The molecule has 4 heteroatoms. The van der Waals surface area contributed by atoms with Crippen molar-refractivity contribution in [2.45, 2.75) is 38.9 Å². The van der Waals surface area contributed by atoms with Gasteiger partial charge in [-0.2, -0.15) is 0 Å². The molecule has 1 aromatic heterocycles. The first-order valence-corrected chi connectivity index (χ1v) is 8.88. The van der Waals surface area contributed by atoms with Gasteiger partial charge < -0.3 is 0 Å². The van der Waals surface area contributed by atoms with E-state index < -0.39 is 9.84 Å². The Morgan fingerprint density at radius 3 is 2.53 bits per heavy atom. The Balaban J connectivity index is 1.70. The molecule has 2 aliphatic carbocycles. The maximum atomic E-state index is 12.4. The lowest BCUT2D eigenvalue weighted by Crippen LogP contribution is -2.18. The largest absolute Gasteiger partial charge is 0.261 e. The Hall–Kier alpha value is -0.900. The molecule has 1 heterocycles. The molecule has 0 spiro atoms. The molecule has 0 bridgehead atoms. The Bertz CT molecular complexity index is 564. The molecule has 1 aromatic rings. The van der Waals surface area contributed by atoms with Gasteiger partial charge in [-0.15, -0.1) is 0 Å². The third kappa shape index (κ3) is 2.83. The third-order valence-corrected chi connectivity index (χ3v) is 6.41. The molecule has 19 heavy (non-hydrogen) atoms. The van der Waals surface area contributed by atoms with Gasteiger partial charge >= 0.3 is 0 Å². The van der Waals surface area contributed by atoms with E-state index in [-0.39, 0.29) is 5.75 Å². The van der Waals surface area contributed by atoms with Crippen molar-refractivity contribution >= 4 is 9.84 Å². The molecule has 2 atom stereocenters. The van der Waals surface area contributed by atoms with Crippen molar-refractivity contribution in [3.05, 3.63) is 29.1 Å². The molecule has 104 valence electrons. The second kappa shape index (κ2) is 4.58. The van der Waals surface area contributed by atoms with E-state index in [1.807, 2.05) is 19.9 Å². The molecule has 2 aliphatic rings. The highest BCUT2D eigenvalue weighted by Crippen LogP contribution is 2.54. The summed E-state index contributed by atoms with van der Waals surface area (Å²) in [5.41, 5.74) is 2.77. The van der Waals surface area contributed by atoms with E-state index in [1.54, 1.807) is 6.20 Å². The number of aromatic nitrogens is 1. The SMILES string of the molecule is Cc1ccnc(C)c1CS(=O)(=O)CC1CC2CC2C1. The van der Waals surface area contributed by atoms with Gasteiger partial charge in [0.1, 0.15) is 0 Å². The van der Waals surface area contributed by atoms with Gasteiger partial charge in [0.05, 0.1) is 11.5 Å². The molecule has 0 radical (unpaired) electrons. The second-order valence-corrected chi connectivity index (χ2v) is 8.45. The van der Waals surface area contributed by atoms with Crippen molar-refractivity contribution in [3.63, 3.8) is 0 Å². The molecule has 0 saturated heterocycles. The maximum Gasteiger partial charge on any atom is 0.154 e. The monoisotopic (exact) mass is 279 g/mol. The summed E-state index contributed by atoms with van der Waals surface area (Å²) < 4.78 is 24.7. The summed E-state index contributed by atoms with van der Waals surface area (Å²) in [4.78, 5) is 4.21. The van der Waals surface area contributed by atoms with Gasteiger partial charge in [0.15, 0.2) is 9.84 Å². The number of hydrogen-bond donors (Lipinski definition) is 0. The molecule has 2 unspecified atom stereocenters. The van der Waals surface area contributed by atoms with Crippen molar-refractivity contribution in [2.75, 3.05) is 5.75 Å². The highest BCUT2D eigenvalue weighted by molar-refractivity contribution is 7.90. The Morgan fingerprint density at radius 2 is 1.89 bits per heavy atom. The second-order valence-electron chi connectivity index (χ2n) is 6.34. The van der Waals surface area contributed by atoms with Crippen molar-refractivity contribution in [3.8, 4) is 0 Å². The van der Waals surface area contributed by atoms with Crippen LogP contribution in [0.25, 0.3) is 0 Å². The van der Waals surface area contributed by atoms with Crippen molar-refractivity contribution in [2.24, 2.45) is 17.8 Å². The summed E-state index contributed by atoms with van der Waals surface area (Å²) in [7, 11) is -3.01. The van der Waals surface area contributed by atoms with E-state index in [0.29, 0.717) is 11.7 Å². The fraction of sp³-hybridized carbons (Fsp3) is 0.667. The van der Waals surface area contributed by atoms with Crippen LogP contribution >= 0.6 is 0 Å². The fourth-order valence-corrected chi connectivity index (χ4v) is 5.54. The number of aryl methyl sites for hydroxylation is 2. The average Bonchev–Trinajstić information content (AvgIpc) is 2.92. The maximum absolute atomic E-state index is 12.4. The van der Waals surface area contributed by atoms with Gasteiger partial charge in [0, 0.05) is 11.9 Å². The highest BCUT2D eigenvalue weighted by atomic mass is 32.2. The summed E-state index contributed by atoms with van der Waals surface area (Å²) in [6.45, 7) is 3.85. The van der Waals surface area contributed by atoms with Crippen LogP contribution in [0.3, 0.4) is 0 Å². The molecular weight excluding hydrogens is 258 g/mol. The molecule has 0 aliphatic heterocycles. The Kier molecular flexibility index (Phi) is 3.16. The van der Waals surface area contributed by atoms with Crippen molar-refractivity contribution in [1.29, 1.82) is 0 Å². The molecule has 0 amide bonds. The zero-order valence-corrected chi connectivity index (χ0v) is 12.4. The van der Waals surface area contributed by atoms with Gasteiger partial charge in [0.2, 0.25) is 0 Å². The van der Waals surface area contributed by atoms with Gasteiger partial charge in [-0.05, 0) is 68.1 Å². The molecular formula is C15H21NO2S. The number of hydrogen-bond acceptors (Lipinski definition) is 3. The summed E-state index contributed by atoms with van der Waals surface area (Å²) in [5, 5.41) is 0. The number of fused-ring (bicyclic) bond motifs is 1. The Morgan fingerprint density at radius 1 is 1.21 bits per heavy atom. The van der Waals surface area contributed by atoms with E-state index in [0.717, 1.165) is 41.5 Å². The Labute approximate surface area is 115 Å².